The fourth-order valence-corrected chi connectivity index (χ4v) is 2.29. The second kappa shape index (κ2) is 5.34. The van der Waals surface area contributed by atoms with Gasteiger partial charge in [0.15, 0.2) is 10.8 Å². The van der Waals surface area contributed by atoms with Crippen molar-refractivity contribution in [1.29, 1.82) is 0 Å². The lowest BCUT2D eigenvalue weighted by molar-refractivity contribution is -0.117. The van der Waals surface area contributed by atoms with Gasteiger partial charge in [-0.15, -0.1) is 0 Å². The molecule has 0 aliphatic carbocycles. The van der Waals surface area contributed by atoms with Gasteiger partial charge in [0.25, 0.3) is 5.56 Å². The van der Waals surface area contributed by atoms with Crippen molar-refractivity contribution >= 4 is 28.6 Å². The third kappa shape index (κ3) is 2.98. The van der Waals surface area contributed by atoms with Gasteiger partial charge in [0.1, 0.15) is 11.2 Å². The molecule has 0 saturated heterocycles. The number of hydrogen-bond donors (Lipinski definition) is 2. The highest BCUT2D eigenvalue weighted by Crippen LogP contribution is 2.15. The average molecular weight is 266 g/mol. The van der Waals surface area contributed by atoms with E-state index in [1.807, 2.05) is 13.8 Å². The first-order valence-corrected chi connectivity index (χ1v) is 6.62. The van der Waals surface area contributed by atoms with Crippen molar-refractivity contribution in [3.05, 3.63) is 16.6 Å². The third-order valence-electron chi connectivity index (χ3n) is 2.30. The van der Waals surface area contributed by atoms with E-state index in [0.717, 1.165) is 0 Å². The number of aromatic nitrogens is 4. The molecule has 2 rings (SSSR count). The first-order valence-electron chi connectivity index (χ1n) is 5.64. The number of carbonyl (C=O) groups excluding carboxylic acids is 1. The van der Waals surface area contributed by atoms with E-state index < -0.39 is 0 Å². The van der Waals surface area contributed by atoms with E-state index >= 15 is 0 Å². The molecule has 2 aromatic rings. The Morgan fingerprint density at radius 2 is 2.28 bits per heavy atom. The molecular weight excluding hydrogens is 252 g/mol. The van der Waals surface area contributed by atoms with E-state index in [1.54, 1.807) is 0 Å². The maximum Gasteiger partial charge on any atom is 0.262 e. The van der Waals surface area contributed by atoms with Gasteiger partial charge in [-0.3, -0.25) is 14.7 Å². The maximum absolute atomic E-state index is 11.6. The Morgan fingerprint density at radius 1 is 1.50 bits per heavy atom. The minimum absolute atomic E-state index is 0.155. The molecule has 2 heterocycles. The van der Waals surface area contributed by atoms with E-state index in [1.165, 1.54) is 18.0 Å². The lowest BCUT2D eigenvalue weighted by atomic mass is 10.1. The van der Waals surface area contributed by atoms with Gasteiger partial charge in [0, 0.05) is 6.42 Å². The number of fused-ring (bicyclic) bond motifs is 1. The van der Waals surface area contributed by atoms with Gasteiger partial charge in [-0.25, -0.2) is 4.98 Å². The summed E-state index contributed by atoms with van der Waals surface area (Å²) in [7, 11) is 0. The highest BCUT2D eigenvalue weighted by atomic mass is 32.2. The minimum Gasteiger partial charge on any atom is -0.301 e. The van der Waals surface area contributed by atoms with Gasteiger partial charge in [0.2, 0.25) is 0 Å². The van der Waals surface area contributed by atoms with E-state index in [0.29, 0.717) is 34.3 Å². The molecule has 0 aliphatic heterocycles. The summed E-state index contributed by atoms with van der Waals surface area (Å²) < 4.78 is 0. The second-order valence-corrected chi connectivity index (χ2v) is 5.39. The molecule has 0 amide bonds. The molecule has 0 aromatic carbocycles. The minimum atomic E-state index is -0.243. The summed E-state index contributed by atoms with van der Waals surface area (Å²) in [6.07, 6.45) is 1.98. The number of hydrogen-bond acceptors (Lipinski definition) is 5. The van der Waals surface area contributed by atoms with Crippen LogP contribution in [0.5, 0.6) is 0 Å². The monoisotopic (exact) mass is 266 g/mol. The van der Waals surface area contributed by atoms with Crippen LogP contribution in [-0.4, -0.2) is 31.7 Å². The van der Waals surface area contributed by atoms with E-state index in [2.05, 4.69) is 20.2 Å². The highest BCUT2D eigenvalue weighted by molar-refractivity contribution is 7.99. The quantitative estimate of drug-likeness (QED) is 0.629. The third-order valence-corrected chi connectivity index (χ3v) is 3.24. The number of thioether (sulfide) groups is 1. The number of H-pyrrole nitrogens is 2. The van der Waals surface area contributed by atoms with Gasteiger partial charge in [-0.1, -0.05) is 25.6 Å². The predicted molar refractivity (Wildman–Crippen MR) is 69.7 cm³/mol. The van der Waals surface area contributed by atoms with Gasteiger partial charge < -0.3 is 4.98 Å². The molecule has 0 saturated carbocycles. The zero-order chi connectivity index (χ0) is 13.1. The molecule has 7 heteroatoms. The number of nitrogens with one attached hydrogen (secondary N) is 2. The zero-order valence-electron chi connectivity index (χ0n) is 10.2. The van der Waals surface area contributed by atoms with E-state index in [9.17, 15) is 9.59 Å². The number of rotatable bonds is 5. The van der Waals surface area contributed by atoms with Gasteiger partial charge >= 0.3 is 0 Å². The van der Waals surface area contributed by atoms with Crippen molar-refractivity contribution in [2.75, 3.05) is 5.75 Å². The van der Waals surface area contributed by atoms with Crippen LogP contribution in [0.25, 0.3) is 11.0 Å². The first kappa shape index (κ1) is 12.8. The Morgan fingerprint density at radius 3 is 3.00 bits per heavy atom. The Balaban J connectivity index is 2.08. The standard InChI is InChI=1S/C11H14N4O2S/c1-6(2)3-7(16)5-18-11-13-9-8(4-12-15-9)10(17)14-11/h4,6H,3,5H2,1-2H3,(H2,12,13,14,15,17). The predicted octanol–water partition coefficient (Wildman–Crippen LogP) is 1.35. The summed E-state index contributed by atoms with van der Waals surface area (Å²) in [5.41, 5.74) is 0.199. The topological polar surface area (TPSA) is 91.5 Å². The van der Waals surface area contributed by atoms with Crippen LogP contribution in [0.1, 0.15) is 20.3 Å². The molecule has 18 heavy (non-hydrogen) atoms. The number of carbonyl (C=O) groups is 1. The van der Waals surface area contributed by atoms with Crippen LogP contribution in [-0.2, 0) is 4.79 Å². The van der Waals surface area contributed by atoms with Crippen molar-refractivity contribution in [3.8, 4) is 0 Å². The van der Waals surface area contributed by atoms with Crippen molar-refractivity contribution in [3.63, 3.8) is 0 Å². The molecule has 6 nitrogen and oxygen atoms in total. The fraction of sp³-hybridized carbons (Fsp3) is 0.455. The number of ketones is 1. The van der Waals surface area contributed by atoms with Crippen LogP contribution >= 0.6 is 11.8 Å². The maximum atomic E-state index is 11.6. The molecule has 2 aromatic heterocycles. The Hall–Kier alpha value is -1.63. The molecule has 0 atom stereocenters. The van der Waals surface area contributed by atoms with Crippen molar-refractivity contribution in [2.24, 2.45) is 5.92 Å². The van der Waals surface area contributed by atoms with Crippen LogP contribution in [0.4, 0.5) is 0 Å². The SMILES string of the molecule is CC(C)CC(=O)CSc1nc2[nH]ncc2c(=O)[nH]1. The van der Waals surface area contributed by atoms with Crippen molar-refractivity contribution in [2.45, 2.75) is 25.4 Å². The number of aromatic amines is 2. The summed E-state index contributed by atoms with van der Waals surface area (Å²) in [6.45, 7) is 4.00. The average Bonchev–Trinajstić information content (AvgIpc) is 2.74. The van der Waals surface area contributed by atoms with Crippen molar-refractivity contribution < 1.29 is 4.79 Å². The second-order valence-electron chi connectivity index (χ2n) is 4.43. The van der Waals surface area contributed by atoms with Crippen molar-refractivity contribution in [1.82, 2.24) is 20.2 Å². The van der Waals surface area contributed by atoms with Crippen LogP contribution in [0, 0.1) is 5.92 Å². The van der Waals surface area contributed by atoms with E-state index in [-0.39, 0.29) is 11.3 Å². The fourth-order valence-electron chi connectivity index (χ4n) is 1.56. The highest BCUT2D eigenvalue weighted by Gasteiger charge is 2.09. The lowest BCUT2D eigenvalue weighted by Crippen LogP contribution is -2.10. The Bertz CT molecular complexity index is 617. The molecule has 0 spiro atoms. The molecule has 0 bridgehead atoms. The van der Waals surface area contributed by atoms with Crippen LogP contribution in [0.15, 0.2) is 16.1 Å². The van der Waals surface area contributed by atoms with Crippen LogP contribution < -0.4 is 5.56 Å². The lowest BCUT2D eigenvalue weighted by Gasteiger charge is -2.03. The molecular formula is C11H14N4O2S. The molecule has 96 valence electrons. The smallest absolute Gasteiger partial charge is 0.262 e. The number of Topliss-reactive ketones (excluding diaryl/α,β-unsaturated/α-hetero) is 1. The normalized spacial score (nSPS) is 11.3. The van der Waals surface area contributed by atoms with Crippen LogP contribution in [0.3, 0.4) is 0 Å². The summed E-state index contributed by atoms with van der Waals surface area (Å²) in [4.78, 5) is 30.0. The Labute approximate surface area is 108 Å². The first-order chi connectivity index (χ1) is 8.56. The Kier molecular flexibility index (Phi) is 3.81. The zero-order valence-corrected chi connectivity index (χ0v) is 11.0. The van der Waals surface area contributed by atoms with Crippen LogP contribution in [0.2, 0.25) is 0 Å². The summed E-state index contributed by atoms with van der Waals surface area (Å²) in [6, 6.07) is 0. The van der Waals surface area contributed by atoms with E-state index in [4.69, 9.17) is 0 Å². The summed E-state index contributed by atoms with van der Waals surface area (Å²) in [5.74, 6) is 0.823. The van der Waals surface area contributed by atoms with Gasteiger partial charge in [-0.05, 0) is 5.92 Å². The van der Waals surface area contributed by atoms with Gasteiger partial charge in [0.05, 0.1) is 11.9 Å². The largest absolute Gasteiger partial charge is 0.301 e. The number of nitrogens with zero attached hydrogens (tertiary/aromatic N) is 2. The molecule has 0 radical (unpaired) electrons. The molecule has 2 N–H and O–H groups in total. The molecule has 0 unspecified atom stereocenters. The molecule has 0 fully saturated rings. The summed E-state index contributed by atoms with van der Waals surface area (Å²) in [5, 5.41) is 7.26. The molecule has 0 aliphatic rings. The van der Waals surface area contributed by atoms with Gasteiger partial charge in [-0.2, -0.15) is 5.10 Å². The summed E-state index contributed by atoms with van der Waals surface area (Å²) >= 11 is 1.24.